The highest BCUT2D eigenvalue weighted by atomic mass is 35.5. The number of nitrogens with zero attached hydrogens (tertiary/aromatic N) is 1. The van der Waals surface area contributed by atoms with Gasteiger partial charge in [-0.2, -0.15) is 0 Å². The number of carbonyl (C=O) groups is 1. The van der Waals surface area contributed by atoms with Crippen molar-refractivity contribution in [1.29, 1.82) is 0 Å². The standard InChI is InChI=1S/C28H35Cl2N3O5S/c1-14-10-20(39-5)19(26(34)32-14)11-31-27(35)21-15(2)24-25(23(30)22(21)29)38-28(3,37-24)16-6-8-17(9-7-16)33-12-18(13-33)36-4/h10,16-18H,6-9,11-13H2,1-5H3,(H,31,35)(H,32,34)/t16-,17-,28?. The third kappa shape index (κ3) is 5.28. The fourth-order valence-corrected chi connectivity index (χ4v) is 7.25. The van der Waals surface area contributed by atoms with Gasteiger partial charge in [0.1, 0.15) is 5.02 Å². The topological polar surface area (TPSA) is 92.9 Å². The lowest BCUT2D eigenvalue weighted by molar-refractivity contribution is -0.130. The van der Waals surface area contributed by atoms with Crippen molar-refractivity contribution in [2.75, 3.05) is 26.5 Å². The van der Waals surface area contributed by atoms with Gasteiger partial charge in [-0.1, -0.05) is 23.2 Å². The summed E-state index contributed by atoms with van der Waals surface area (Å²) in [6.45, 7) is 7.59. The highest BCUT2D eigenvalue weighted by Crippen LogP contribution is 2.54. The predicted molar refractivity (Wildman–Crippen MR) is 154 cm³/mol. The molecule has 1 aromatic heterocycles. The average Bonchev–Trinajstić information content (AvgIpc) is 3.25. The summed E-state index contributed by atoms with van der Waals surface area (Å²) in [5.74, 6) is -0.332. The lowest BCUT2D eigenvalue weighted by Gasteiger charge is -2.47. The summed E-state index contributed by atoms with van der Waals surface area (Å²) < 4.78 is 18.2. The number of aromatic amines is 1. The molecule has 8 nitrogen and oxygen atoms in total. The number of rotatable bonds is 7. The van der Waals surface area contributed by atoms with E-state index < -0.39 is 11.7 Å². The normalized spacial score (nSPS) is 25.0. The van der Waals surface area contributed by atoms with Gasteiger partial charge in [0.2, 0.25) is 0 Å². The Hall–Kier alpha value is -1.91. The highest BCUT2D eigenvalue weighted by molar-refractivity contribution is 7.98. The number of methoxy groups -OCH3 is 1. The molecule has 1 saturated heterocycles. The molecule has 3 heterocycles. The van der Waals surface area contributed by atoms with E-state index in [1.165, 1.54) is 11.8 Å². The van der Waals surface area contributed by atoms with Crippen molar-refractivity contribution in [2.45, 2.75) is 75.8 Å². The Labute approximate surface area is 243 Å². The Kier molecular flexibility index (Phi) is 8.19. The first-order valence-corrected chi connectivity index (χ1v) is 15.3. The van der Waals surface area contributed by atoms with Crippen molar-refractivity contribution in [3.8, 4) is 11.5 Å². The summed E-state index contributed by atoms with van der Waals surface area (Å²) in [5.41, 5.74) is 1.79. The summed E-state index contributed by atoms with van der Waals surface area (Å²) >= 11 is 14.7. The van der Waals surface area contributed by atoms with Gasteiger partial charge in [0.25, 0.3) is 17.3 Å². The SMILES string of the molecule is COC1CN([C@H]2CC[C@H](C3(C)Oc4c(C)c(C(=O)NCc5c(SC)cc(C)[nH]c5=O)c(Cl)c(Cl)c4O3)CC2)C1. The Morgan fingerprint density at radius 1 is 1.18 bits per heavy atom. The Morgan fingerprint density at radius 2 is 1.85 bits per heavy atom. The number of pyridine rings is 1. The largest absolute Gasteiger partial charge is 0.448 e. The minimum Gasteiger partial charge on any atom is -0.448 e. The van der Waals surface area contributed by atoms with Gasteiger partial charge in [0.05, 0.1) is 16.7 Å². The van der Waals surface area contributed by atoms with Gasteiger partial charge in [-0.3, -0.25) is 14.5 Å². The number of carbonyl (C=O) groups excluding carboxylic acids is 1. The molecule has 2 fully saturated rings. The molecule has 1 aliphatic carbocycles. The number of thioether (sulfide) groups is 1. The van der Waals surface area contributed by atoms with E-state index in [-0.39, 0.29) is 33.6 Å². The lowest BCUT2D eigenvalue weighted by Crippen LogP contribution is -2.57. The van der Waals surface area contributed by atoms with Gasteiger partial charge in [-0.25, -0.2) is 0 Å². The average molecular weight is 597 g/mol. The molecule has 39 heavy (non-hydrogen) atoms. The van der Waals surface area contributed by atoms with Crippen molar-refractivity contribution in [3.63, 3.8) is 0 Å². The number of likely N-dealkylation sites (tertiary alicyclic amines) is 1. The second kappa shape index (κ2) is 11.2. The summed E-state index contributed by atoms with van der Waals surface area (Å²) in [7, 11) is 1.77. The van der Waals surface area contributed by atoms with Crippen LogP contribution in [0.3, 0.4) is 0 Å². The molecule has 0 radical (unpaired) electrons. The Morgan fingerprint density at radius 3 is 2.49 bits per heavy atom. The Balaban J connectivity index is 1.31. The molecule has 5 rings (SSSR count). The molecule has 2 aromatic rings. The molecular weight excluding hydrogens is 561 g/mol. The minimum absolute atomic E-state index is 0.0511. The second-order valence-corrected chi connectivity index (χ2v) is 12.4. The number of amides is 1. The van der Waals surface area contributed by atoms with Gasteiger partial charge >= 0.3 is 0 Å². The van der Waals surface area contributed by atoms with Crippen molar-refractivity contribution < 1.29 is 19.0 Å². The van der Waals surface area contributed by atoms with E-state index in [4.69, 9.17) is 37.4 Å². The number of aromatic nitrogens is 1. The fourth-order valence-electron chi connectivity index (χ4n) is 6.01. The Bertz CT molecular complexity index is 1340. The fraction of sp³-hybridized carbons (Fsp3) is 0.571. The molecule has 3 aliphatic rings. The number of aryl methyl sites for hydroxylation is 1. The molecule has 1 amide bonds. The van der Waals surface area contributed by atoms with Crippen molar-refractivity contribution in [3.05, 3.63) is 48.8 Å². The monoisotopic (exact) mass is 595 g/mol. The predicted octanol–water partition coefficient (Wildman–Crippen LogP) is 5.33. The quantitative estimate of drug-likeness (QED) is 0.418. The van der Waals surface area contributed by atoms with Crippen LogP contribution in [-0.2, 0) is 11.3 Å². The molecule has 1 atom stereocenters. The summed E-state index contributed by atoms with van der Waals surface area (Å²) in [4.78, 5) is 32.0. The van der Waals surface area contributed by atoms with Gasteiger partial charge in [0.15, 0.2) is 11.5 Å². The summed E-state index contributed by atoms with van der Waals surface area (Å²) in [6.07, 6.45) is 6.30. The maximum atomic E-state index is 13.3. The molecule has 0 bridgehead atoms. The number of hydrogen-bond donors (Lipinski definition) is 2. The highest BCUT2D eigenvalue weighted by Gasteiger charge is 2.49. The third-order valence-electron chi connectivity index (χ3n) is 8.41. The number of ether oxygens (including phenoxy) is 3. The maximum Gasteiger partial charge on any atom is 0.254 e. The third-order valence-corrected chi connectivity index (χ3v) is 10.0. The van der Waals surface area contributed by atoms with Crippen LogP contribution in [0.1, 0.15) is 59.8 Å². The van der Waals surface area contributed by atoms with Crippen molar-refractivity contribution >= 4 is 40.9 Å². The zero-order valence-corrected chi connectivity index (χ0v) is 25.2. The van der Waals surface area contributed by atoms with E-state index in [1.807, 2.05) is 26.2 Å². The van der Waals surface area contributed by atoms with E-state index in [0.717, 1.165) is 49.4 Å². The van der Waals surface area contributed by atoms with Crippen LogP contribution in [0, 0.1) is 19.8 Å². The molecular formula is C28H35Cl2N3O5S. The first-order valence-electron chi connectivity index (χ1n) is 13.3. The van der Waals surface area contributed by atoms with Crippen molar-refractivity contribution in [2.24, 2.45) is 5.92 Å². The van der Waals surface area contributed by atoms with Crippen LogP contribution in [-0.4, -0.2) is 60.2 Å². The first-order chi connectivity index (χ1) is 18.6. The number of fused-ring (bicyclic) bond motifs is 1. The minimum atomic E-state index is -0.896. The van der Waals surface area contributed by atoms with Gasteiger partial charge < -0.3 is 24.5 Å². The lowest BCUT2D eigenvalue weighted by atomic mass is 9.80. The second-order valence-electron chi connectivity index (χ2n) is 10.8. The number of H-pyrrole nitrogens is 1. The number of benzene rings is 1. The molecule has 2 aliphatic heterocycles. The van der Waals surface area contributed by atoms with Gasteiger partial charge in [0, 0.05) is 67.3 Å². The molecule has 1 saturated carbocycles. The van der Waals surface area contributed by atoms with Crippen LogP contribution < -0.4 is 20.3 Å². The van der Waals surface area contributed by atoms with Crippen LogP contribution in [0.4, 0.5) is 0 Å². The van der Waals surface area contributed by atoms with E-state index in [9.17, 15) is 9.59 Å². The maximum absolute atomic E-state index is 13.3. The van der Waals surface area contributed by atoms with Crippen molar-refractivity contribution in [1.82, 2.24) is 15.2 Å². The number of nitrogens with one attached hydrogen (secondary N) is 2. The molecule has 2 N–H and O–H groups in total. The van der Waals surface area contributed by atoms with Crippen LogP contribution in [0.25, 0.3) is 0 Å². The smallest absolute Gasteiger partial charge is 0.254 e. The molecule has 212 valence electrons. The first kappa shape index (κ1) is 28.6. The van der Waals surface area contributed by atoms with Gasteiger partial charge in [-0.15, -0.1) is 11.8 Å². The van der Waals surface area contributed by atoms with Crippen LogP contribution in [0.15, 0.2) is 15.8 Å². The zero-order valence-electron chi connectivity index (χ0n) is 22.9. The van der Waals surface area contributed by atoms with Crippen LogP contribution >= 0.6 is 35.0 Å². The summed E-state index contributed by atoms with van der Waals surface area (Å²) in [6, 6.07) is 2.44. The molecule has 1 unspecified atom stereocenters. The number of halogens is 2. The van der Waals surface area contributed by atoms with E-state index in [0.29, 0.717) is 34.8 Å². The van der Waals surface area contributed by atoms with E-state index in [1.54, 1.807) is 14.0 Å². The van der Waals surface area contributed by atoms with Gasteiger partial charge in [-0.05, 0) is 51.9 Å². The molecule has 1 aromatic carbocycles. The molecule has 0 spiro atoms. The van der Waals surface area contributed by atoms with E-state index in [2.05, 4.69) is 15.2 Å². The summed E-state index contributed by atoms with van der Waals surface area (Å²) in [5, 5.41) is 3.11. The molecule has 11 heteroatoms. The van der Waals surface area contributed by atoms with E-state index >= 15 is 0 Å². The van der Waals surface area contributed by atoms with Crippen LogP contribution in [0.2, 0.25) is 10.0 Å². The zero-order chi connectivity index (χ0) is 28.1. The number of hydrogen-bond acceptors (Lipinski definition) is 7. The van der Waals surface area contributed by atoms with Crippen LogP contribution in [0.5, 0.6) is 11.5 Å².